The highest BCUT2D eigenvalue weighted by Gasteiger charge is 2.30. The summed E-state index contributed by atoms with van der Waals surface area (Å²) in [6.45, 7) is 3.97. The van der Waals surface area contributed by atoms with Gasteiger partial charge in [0.25, 0.3) is 0 Å². The first-order valence-corrected chi connectivity index (χ1v) is 11.6. The number of aliphatic carboxylic acids is 1. The van der Waals surface area contributed by atoms with Crippen LogP contribution in [0.1, 0.15) is 57.1 Å². The number of carboxylic acid groups (broad SMARTS) is 1. The summed E-state index contributed by atoms with van der Waals surface area (Å²) in [5, 5.41) is 18.1. The minimum atomic E-state index is -4.43. The van der Waals surface area contributed by atoms with Crippen LogP contribution < -0.4 is 10.6 Å². The number of oxime groups is 1. The number of alkyl halides is 3. The van der Waals surface area contributed by atoms with Gasteiger partial charge in [-0.1, -0.05) is 31.1 Å². The van der Waals surface area contributed by atoms with Gasteiger partial charge in [-0.15, -0.1) is 0 Å². The van der Waals surface area contributed by atoms with Gasteiger partial charge in [-0.2, -0.15) is 13.2 Å². The molecular weight excluding hydrogens is 483 g/mol. The number of nitrogens with one attached hydrogen (secondary N) is 2. The van der Waals surface area contributed by atoms with E-state index in [0.29, 0.717) is 30.7 Å². The second-order valence-corrected chi connectivity index (χ2v) is 8.37. The van der Waals surface area contributed by atoms with Crippen LogP contribution in [0.25, 0.3) is 0 Å². The van der Waals surface area contributed by atoms with Crippen LogP contribution in [0.4, 0.5) is 13.2 Å². The Morgan fingerprint density at radius 1 is 1.00 bits per heavy atom. The summed E-state index contributed by atoms with van der Waals surface area (Å²) < 4.78 is 43.5. The Hall–Kier alpha value is -3.15. The standard InChI is InChI=1S/C24H34F3N3O6/c1-16(2)22(23(33)34)29-21(32)12-11-20(31)28-13-15-36-30-19(6-4-5-14-35-3)17-7-9-18(10-8-17)24(25,26)27/h7-10,16,22H,4-6,11-15H2,1-3H3,(H,28,31)(H,29,32)(H,33,34)/t22-/m0/s1. The number of carbonyl (C=O) groups is 3. The number of amides is 2. The molecule has 1 aromatic carbocycles. The maximum atomic E-state index is 12.8. The van der Waals surface area contributed by atoms with E-state index in [1.165, 1.54) is 12.1 Å². The Morgan fingerprint density at radius 2 is 1.64 bits per heavy atom. The van der Waals surface area contributed by atoms with Crippen molar-refractivity contribution in [2.24, 2.45) is 11.1 Å². The topological polar surface area (TPSA) is 126 Å². The van der Waals surface area contributed by atoms with Crippen LogP contribution in [-0.4, -0.2) is 61.5 Å². The quantitative estimate of drug-likeness (QED) is 0.175. The van der Waals surface area contributed by atoms with Gasteiger partial charge in [-0.3, -0.25) is 9.59 Å². The Kier molecular flexibility index (Phi) is 13.5. The SMILES string of the molecule is COCCCCC(=NOCCNC(=O)CCC(=O)N[C@H](C(=O)O)C(C)C)c1ccc(C(F)(F)F)cc1. The third kappa shape index (κ3) is 12.0. The number of unbranched alkanes of at least 4 members (excludes halogenated alkanes) is 1. The van der Waals surface area contributed by atoms with Crippen LogP contribution in [0.3, 0.4) is 0 Å². The highest BCUT2D eigenvalue weighted by Crippen LogP contribution is 2.29. The van der Waals surface area contributed by atoms with Crippen LogP contribution in [-0.2, 0) is 30.1 Å². The minimum absolute atomic E-state index is 0.00851. The lowest BCUT2D eigenvalue weighted by atomic mass is 10.0. The smallest absolute Gasteiger partial charge is 0.416 e. The predicted molar refractivity (Wildman–Crippen MR) is 126 cm³/mol. The summed E-state index contributed by atoms with van der Waals surface area (Å²) in [4.78, 5) is 40.2. The van der Waals surface area contributed by atoms with E-state index in [9.17, 15) is 27.6 Å². The summed E-state index contributed by atoms with van der Waals surface area (Å²) in [5.74, 6) is -2.40. The molecular formula is C24H34F3N3O6. The van der Waals surface area contributed by atoms with Gasteiger partial charge in [0.15, 0.2) is 0 Å². The normalized spacial score (nSPS) is 12.8. The van der Waals surface area contributed by atoms with Crippen LogP contribution in [0.2, 0.25) is 0 Å². The molecule has 0 heterocycles. The van der Waals surface area contributed by atoms with Gasteiger partial charge >= 0.3 is 12.1 Å². The molecule has 12 heteroatoms. The zero-order valence-electron chi connectivity index (χ0n) is 20.7. The van der Waals surface area contributed by atoms with E-state index < -0.39 is 35.6 Å². The number of carbonyl (C=O) groups excluding carboxylic acids is 2. The summed E-state index contributed by atoms with van der Waals surface area (Å²) in [7, 11) is 1.58. The maximum Gasteiger partial charge on any atom is 0.416 e. The van der Waals surface area contributed by atoms with E-state index in [4.69, 9.17) is 14.7 Å². The Labute approximate surface area is 208 Å². The van der Waals surface area contributed by atoms with E-state index in [1.807, 2.05) is 0 Å². The van der Waals surface area contributed by atoms with Gasteiger partial charge in [-0.25, -0.2) is 4.79 Å². The van der Waals surface area contributed by atoms with Crippen molar-refractivity contribution in [1.82, 2.24) is 10.6 Å². The molecule has 0 unspecified atom stereocenters. The van der Waals surface area contributed by atoms with Crippen molar-refractivity contribution in [3.63, 3.8) is 0 Å². The van der Waals surface area contributed by atoms with E-state index >= 15 is 0 Å². The fourth-order valence-corrected chi connectivity index (χ4v) is 3.07. The van der Waals surface area contributed by atoms with Gasteiger partial charge in [0.1, 0.15) is 12.6 Å². The Balaban J connectivity index is 2.53. The average Bonchev–Trinajstić information content (AvgIpc) is 2.81. The first-order valence-electron chi connectivity index (χ1n) is 11.6. The molecule has 0 aromatic heterocycles. The number of hydrogen-bond donors (Lipinski definition) is 3. The number of rotatable bonds is 16. The molecule has 2 amide bonds. The maximum absolute atomic E-state index is 12.8. The molecule has 1 atom stereocenters. The second-order valence-electron chi connectivity index (χ2n) is 8.37. The molecule has 0 saturated carbocycles. The van der Waals surface area contributed by atoms with E-state index in [1.54, 1.807) is 21.0 Å². The van der Waals surface area contributed by atoms with Crippen molar-refractivity contribution in [2.45, 2.75) is 58.2 Å². The summed E-state index contributed by atoms with van der Waals surface area (Å²) >= 11 is 0. The van der Waals surface area contributed by atoms with Crippen molar-refractivity contribution in [3.8, 4) is 0 Å². The number of nitrogens with zero attached hydrogens (tertiary/aromatic N) is 1. The molecule has 0 radical (unpaired) electrons. The van der Waals surface area contributed by atoms with E-state index in [2.05, 4.69) is 15.8 Å². The van der Waals surface area contributed by atoms with Crippen LogP contribution in [0.5, 0.6) is 0 Å². The lowest BCUT2D eigenvalue weighted by Gasteiger charge is -2.17. The highest BCUT2D eigenvalue weighted by atomic mass is 19.4. The molecule has 36 heavy (non-hydrogen) atoms. The van der Waals surface area contributed by atoms with Gasteiger partial charge in [0.2, 0.25) is 11.8 Å². The number of halogens is 3. The molecule has 0 fully saturated rings. The van der Waals surface area contributed by atoms with Crippen molar-refractivity contribution < 1.29 is 42.2 Å². The third-order valence-corrected chi connectivity index (χ3v) is 5.08. The van der Waals surface area contributed by atoms with Gasteiger partial charge in [0, 0.05) is 26.6 Å². The minimum Gasteiger partial charge on any atom is -0.480 e. The van der Waals surface area contributed by atoms with Gasteiger partial charge in [0.05, 0.1) is 17.8 Å². The van der Waals surface area contributed by atoms with Crippen molar-refractivity contribution in [3.05, 3.63) is 35.4 Å². The summed E-state index contributed by atoms with van der Waals surface area (Å²) in [6, 6.07) is 3.61. The Morgan fingerprint density at radius 3 is 2.19 bits per heavy atom. The first-order chi connectivity index (χ1) is 17.0. The molecule has 0 aliphatic rings. The molecule has 1 rings (SSSR count). The van der Waals surface area contributed by atoms with E-state index in [-0.39, 0.29) is 31.9 Å². The lowest BCUT2D eigenvalue weighted by Crippen LogP contribution is -2.44. The molecule has 9 nitrogen and oxygen atoms in total. The Bertz CT molecular complexity index is 873. The van der Waals surface area contributed by atoms with E-state index in [0.717, 1.165) is 18.6 Å². The lowest BCUT2D eigenvalue weighted by molar-refractivity contribution is -0.143. The van der Waals surface area contributed by atoms with Crippen molar-refractivity contribution in [2.75, 3.05) is 26.9 Å². The predicted octanol–water partition coefficient (Wildman–Crippen LogP) is 3.36. The zero-order valence-corrected chi connectivity index (χ0v) is 20.7. The fraction of sp³-hybridized carbons (Fsp3) is 0.583. The van der Waals surface area contributed by atoms with Crippen molar-refractivity contribution in [1.29, 1.82) is 0 Å². The monoisotopic (exact) mass is 517 g/mol. The fourth-order valence-electron chi connectivity index (χ4n) is 3.07. The summed E-state index contributed by atoms with van der Waals surface area (Å²) in [5.41, 5.74) is 0.211. The number of hydrogen-bond acceptors (Lipinski definition) is 6. The molecule has 0 spiro atoms. The van der Waals surface area contributed by atoms with Gasteiger partial charge in [-0.05, 0) is 42.9 Å². The number of methoxy groups -OCH3 is 1. The first kappa shape index (κ1) is 30.9. The van der Waals surface area contributed by atoms with Gasteiger partial charge < -0.3 is 25.3 Å². The second kappa shape index (κ2) is 15.8. The summed E-state index contributed by atoms with van der Waals surface area (Å²) in [6.07, 6.45) is -2.84. The molecule has 3 N–H and O–H groups in total. The molecule has 0 saturated heterocycles. The third-order valence-electron chi connectivity index (χ3n) is 5.08. The molecule has 0 bridgehead atoms. The average molecular weight is 518 g/mol. The van der Waals surface area contributed by atoms with Crippen LogP contribution >= 0.6 is 0 Å². The largest absolute Gasteiger partial charge is 0.480 e. The molecule has 202 valence electrons. The number of benzene rings is 1. The molecule has 0 aliphatic heterocycles. The zero-order chi connectivity index (χ0) is 27.1. The number of ether oxygens (including phenoxy) is 1. The van der Waals surface area contributed by atoms with Crippen LogP contribution in [0.15, 0.2) is 29.4 Å². The van der Waals surface area contributed by atoms with Crippen LogP contribution in [0, 0.1) is 5.92 Å². The highest BCUT2D eigenvalue weighted by molar-refractivity contribution is 6.00. The number of carboxylic acids is 1. The molecule has 0 aliphatic carbocycles. The molecule has 1 aromatic rings. The van der Waals surface area contributed by atoms with Crippen molar-refractivity contribution >= 4 is 23.5 Å².